The van der Waals surface area contributed by atoms with Crippen LogP contribution in [-0.2, 0) is 17.9 Å². The molecular formula is C25H26N2O3. The Morgan fingerprint density at radius 3 is 2.10 bits per heavy atom. The molecule has 0 radical (unpaired) electrons. The Morgan fingerprint density at radius 1 is 0.833 bits per heavy atom. The summed E-state index contributed by atoms with van der Waals surface area (Å²) < 4.78 is 5.71. The zero-order valence-corrected chi connectivity index (χ0v) is 17.1. The van der Waals surface area contributed by atoms with Gasteiger partial charge in [0.15, 0.2) is 0 Å². The first-order valence-electron chi connectivity index (χ1n) is 10.0. The largest absolute Gasteiger partial charge is 0.489 e. The molecule has 3 aromatic carbocycles. The number of hydrogen-bond acceptors (Lipinski definition) is 3. The maximum Gasteiger partial charge on any atom is 0.251 e. The molecule has 154 valence electrons. The fourth-order valence-corrected chi connectivity index (χ4v) is 2.99. The standard InChI is InChI=1S/C25H26N2O3/c1-2-27(18-20-9-5-3-6-10-20)24(28)17-26-25(29)22-15-13-21(14-16-22)19-30-23-11-7-4-8-12-23/h3-16H,2,17-19H2,1H3,(H,26,29). The monoisotopic (exact) mass is 402 g/mol. The van der Waals surface area contributed by atoms with E-state index in [0.717, 1.165) is 16.9 Å². The highest BCUT2D eigenvalue weighted by Gasteiger charge is 2.14. The summed E-state index contributed by atoms with van der Waals surface area (Å²) in [6.07, 6.45) is 0. The summed E-state index contributed by atoms with van der Waals surface area (Å²) in [6.45, 7) is 3.44. The summed E-state index contributed by atoms with van der Waals surface area (Å²) in [5.41, 5.74) is 2.54. The molecule has 0 heterocycles. The quantitative estimate of drug-likeness (QED) is 0.588. The molecule has 0 unspecified atom stereocenters. The lowest BCUT2D eigenvalue weighted by Gasteiger charge is -2.21. The Hall–Kier alpha value is -3.60. The van der Waals surface area contributed by atoms with Crippen LogP contribution in [0.5, 0.6) is 5.75 Å². The average Bonchev–Trinajstić information content (AvgIpc) is 2.81. The highest BCUT2D eigenvalue weighted by molar-refractivity contribution is 5.96. The normalized spacial score (nSPS) is 10.3. The zero-order chi connectivity index (χ0) is 21.2. The molecule has 3 aromatic rings. The summed E-state index contributed by atoms with van der Waals surface area (Å²) in [6, 6.07) is 26.6. The van der Waals surface area contributed by atoms with E-state index >= 15 is 0 Å². The van der Waals surface area contributed by atoms with Crippen LogP contribution >= 0.6 is 0 Å². The molecule has 0 bridgehead atoms. The summed E-state index contributed by atoms with van der Waals surface area (Å²) in [5.74, 6) is 0.422. The second-order valence-electron chi connectivity index (χ2n) is 6.87. The van der Waals surface area contributed by atoms with Crippen LogP contribution in [0, 0.1) is 0 Å². The van der Waals surface area contributed by atoms with Crippen LogP contribution < -0.4 is 10.1 Å². The molecule has 30 heavy (non-hydrogen) atoms. The summed E-state index contributed by atoms with van der Waals surface area (Å²) in [7, 11) is 0. The number of ether oxygens (including phenoxy) is 1. The smallest absolute Gasteiger partial charge is 0.251 e. The molecular weight excluding hydrogens is 376 g/mol. The lowest BCUT2D eigenvalue weighted by atomic mass is 10.1. The van der Waals surface area contributed by atoms with E-state index in [1.807, 2.05) is 79.7 Å². The van der Waals surface area contributed by atoms with Crippen LogP contribution in [0.2, 0.25) is 0 Å². The number of nitrogens with zero attached hydrogens (tertiary/aromatic N) is 1. The number of carbonyl (C=O) groups is 2. The average molecular weight is 402 g/mol. The third-order valence-corrected chi connectivity index (χ3v) is 4.72. The van der Waals surface area contributed by atoms with Crippen molar-refractivity contribution in [3.63, 3.8) is 0 Å². The van der Waals surface area contributed by atoms with Gasteiger partial charge in [-0.05, 0) is 42.3 Å². The van der Waals surface area contributed by atoms with Crippen LogP contribution in [0.1, 0.15) is 28.4 Å². The van der Waals surface area contributed by atoms with E-state index in [1.165, 1.54) is 0 Å². The number of hydrogen-bond donors (Lipinski definition) is 1. The fraction of sp³-hybridized carbons (Fsp3) is 0.200. The molecule has 0 spiro atoms. The second kappa shape index (κ2) is 10.8. The van der Waals surface area contributed by atoms with Gasteiger partial charge >= 0.3 is 0 Å². The predicted octanol–water partition coefficient (Wildman–Crippen LogP) is 4.04. The Kier molecular flexibility index (Phi) is 7.61. The molecule has 3 rings (SSSR count). The molecule has 2 amide bonds. The van der Waals surface area contributed by atoms with E-state index in [1.54, 1.807) is 17.0 Å². The molecule has 0 saturated carbocycles. The van der Waals surface area contributed by atoms with Gasteiger partial charge in [-0.1, -0.05) is 60.7 Å². The number of carbonyl (C=O) groups excluding carboxylic acids is 2. The van der Waals surface area contributed by atoms with Gasteiger partial charge in [-0.25, -0.2) is 0 Å². The Labute approximate surface area is 177 Å². The van der Waals surface area contributed by atoms with Gasteiger partial charge in [-0.2, -0.15) is 0 Å². The second-order valence-corrected chi connectivity index (χ2v) is 6.87. The van der Waals surface area contributed by atoms with Crippen molar-refractivity contribution >= 4 is 11.8 Å². The van der Waals surface area contributed by atoms with E-state index in [4.69, 9.17) is 4.74 Å². The molecule has 0 fully saturated rings. The molecule has 5 heteroatoms. The predicted molar refractivity (Wildman–Crippen MR) is 117 cm³/mol. The van der Waals surface area contributed by atoms with Crippen molar-refractivity contribution in [2.45, 2.75) is 20.1 Å². The van der Waals surface area contributed by atoms with Crippen molar-refractivity contribution < 1.29 is 14.3 Å². The van der Waals surface area contributed by atoms with Gasteiger partial charge in [0.1, 0.15) is 12.4 Å². The van der Waals surface area contributed by atoms with Crippen LogP contribution in [0.3, 0.4) is 0 Å². The van der Waals surface area contributed by atoms with E-state index in [9.17, 15) is 9.59 Å². The molecule has 5 nitrogen and oxygen atoms in total. The fourth-order valence-electron chi connectivity index (χ4n) is 2.99. The number of amides is 2. The first-order valence-corrected chi connectivity index (χ1v) is 10.0. The summed E-state index contributed by atoms with van der Waals surface area (Å²) >= 11 is 0. The first kappa shape index (κ1) is 21.1. The van der Waals surface area contributed by atoms with E-state index < -0.39 is 0 Å². The first-order chi connectivity index (χ1) is 14.7. The lowest BCUT2D eigenvalue weighted by molar-refractivity contribution is -0.130. The van der Waals surface area contributed by atoms with E-state index in [-0.39, 0.29) is 18.4 Å². The molecule has 0 aliphatic heterocycles. The van der Waals surface area contributed by atoms with Crippen molar-refractivity contribution in [1.82, 2.24) is 10.2 Å². The maximum atomic E-state index is 12.5. The zero-order valence-electron chi connectivity index (χ0n) is 17.1. The van der Waals surface area contributed by atoms with Crippen LogP contribution in [0.15, 0.2) is 84.9 Å². The van der Waals surface area contributed by atoms with Crippen LogP contribution in [0.25, 0.3) is 0 Å². The number of benzene rings is 3. The minimum atomic E-state index is -0.269. The molecule has 0 aliphatic carbocycles. The molecule has 1 N–H and O–H groups in total. The molecule has 0 atom stereocenters. The number of nitrogens with one attached hydrogen (secondary N) is 1. The summed E-state index contributed by atoms with van der Waals surface area (Å²) in [4.78, 5) is 26.6. The van der Waals surface area contributed by atoms with Crippen molar-refractivity contribution in [2.75, 3.05) is 13.1 Å². The molecule has 0 aromatic heterocycles. The van der Waals surface area contributed by atoms with Gasteiger partial charge < -0.3 is 15.0 Å². The number of likely N-dealkylation sites (N-methyl/N-ethyl adjacent to an activating group) is 1. The van der Waals surface area contributed by atoms with Crippen molar-refractivity contribution in [3.05, 3.63) is 102 Å². The third kappa shape index (κ3) is 6.21. The number of rotatable bonds is 9. The highest BCUT2D eigenvalue weighted by atomic mass is 16.5. The third-order valence-electron chi connectivity index (χ3n) is 4.72. The Balaban J connectivity index is 1.48. The van der Waals surface area contributed by atoms with Gasteiger partial charge in [0, 0.05) is 18.7 Å². The van der Waals surface area contributed by atoms with Gasteiger partial charge in [0.2, 0.25) is 5.91 Å². The SMILES string of the molecule is CCN(Cc1ccccc1)C(=O)CNC(=O)c1ccc(COc2ccccc2)cc1. The minimum Gasteiger partial charge on any atom is -0.489 e. The van der Waals surface area contributed by atoms with E-state index in [2.05, 4.69) is 5.32 Å². The summed E-state index contributed by atoms with van der Waals surface area (Å²) in [5, 5.41) is 2.72. The van der Waals surface area contributed by atoms with Gasteiger partial charge in [0.25, 0.3) is 5.91 Å². The number of para-hydroxylation sites is 1. The molecule has 0 saturated heterocycles. The minimum absolute atomic E-state index is 0.0294. The maximum absolute atomic E-state index is 12.5. The van der Waals surface area contributed by atoms with E-state index in [0.29, 0.717) is 25.3 Å². The van der Waals surface area contributed by atoms with Gasteiger partial charge in [0.05, 0.1) is 6.54 Å². The Morgan fingerprint density at radius 2 is 1.47 bits per heavy atom. The lowest BCUT2D eigenvalue weighted by Crippen LogP contribution is -2.39. The highest BCUT2D eigenvalue weighted by Crippen LogP contribution is 2.12. The topological polar surface area (TPSA) is 58.6 Å². The van der Waals surface area contributed by atoms with Gasteiger partial charge in [-0.15, -0.1) is 0 Å². The van der Waals surface area contributed by atoms with Crippen molar-refractivity contribution in [3.8, 4) is 5.75 Å². The van der Waals surface area contributed by atoms with Crippen LogP contribution in [-0.4, -0.2) is 29.8 Å². The van der Waals surface area contributed by atoms with Crippen LogP contribution in [0.4, 0.5) is 0 Å². The van der Waals surface area contributed by atoms with Gasteiger partial charge in [-0.3, -0.25) is 9.59 Å². The molecule has 0 aliphatic rings. The van der Waals surface area contributed by atoms with Crippen molar-refractivity contribution in [2.24, 2.45) is 0 Å². The van der Waals surface area contributed by atoms with Crippen molar-refractivity contribution in [1.29, 1.82) is 0 Å². The Bertz CT molecular complexity index is 941.